The van der Waals surface area contributed by atoms with E-state index in [-0.39, 0.29) is 0 Å². The fourth-order valence-corrected chi connectivity index (χ4v) is 4.29. The van der Waals surface area contributed by atoms with Gasteiger partial charge in [-0.1, -0.05) is 20.8 Å². The first kappa shape index (κ1) is 11.1. The van der Waals surface area contributed by atoms with Crippen LogP contribution in [0.15, 0.2) is 0 Å². The Labute approximate surface area is 101 Å². The minimum absolute atomic E-state index is 0.910. The molecule has 1 heteroatoms. The number of likely N-dealkylation sites (tertiary alicyclic amines) is 1. The number of hydrogen-bond donors (Lipinski definition) is 0. The van der Waals surface area contributed by atoms with Gasteiger partial charge in [0.05, 0.1) is 0 Å². The maximum atomic E-state index is 2.83. The van der Waals surface area contributed by atoms with Gasteiger partial charge in [0, 0.05) is 19.1 Å². The summed E-state index contributed by atoms with van der Waals surface area (Å²) in [5, 5.41) is 0. The van der Waals surface area contributed by atoms with Crippen molar-refractivity contribution in [3.63, 3.8) is 0 Å². The van der Waals surface area contributed by atoms with Gasteiger partial charge in [0.2, 0.25) is 0 Å². The van der Waals surface area contributed by atoms with Gasteiger partial charge in [-0.3, -0.25) is 4.90 Å². The van der Waals surface area contributed by atoms with Crippen LogP contribution in [-0.4, -0.2) is 24.0 Å². The summed E-state index contributed by atoms with van der Waals surface area (Å²) in [5.74, 6) is 5.16. The molecule has 3 aliphatic rings. The van der Waals surface area contributed by atoms with Crippen LogP contribution in [-0.2, 0) is 0 Å². The zero-order valence-electron chi connectivity index (χ0n) is 11.2. The third-order valence-corrected chi connectivity index (χ3v) is 5.85. The summed E-state index contributed by atoms with van der Waals surface area (Å²) in [6.07, 6.45) is 5.95. The lowest BCUT2D eigenvalue weighted by atomic mass is 9.79. The molecule has 0 aromatic rings. The summed E-state index contributed by atoms with van der Waals surface area (Å²) in [4.78, 5) is 2.83. The van der Waals surface area contributed by atoms with Gasteiger partial charge >= 0.3 is 0 Å². The molecule has 0 radical (unpaired) electrons. The Morgan fingerprint density at radius 1 is 0.938 bits per heavy atom. The molecule has 2 saturated carbocycles. The molecule has 0 N–H and O–H groups in total. The highest BCUT2D eigenvalue weighted by atomic mass is 15.2. The second-order valence-electron chi connectivity index (χ2n) is 6.95. The fraction of sp³-hybridized carbons (Fsp3) is 1.00. The van der Waals surface area contributed by atoms with E-state index in [1.165, 1.54) is 38.8 Å². The quantitative estimate of drug-likeness (QED) is 0.691. The van der Waals surface area contributed by atoms with E-state index < -0.39 is 0 Å². The van der Waals surface area contributed by atoms with Crippen LogP contribution < -0.4 is 0 Å². The SMILES string of the molecule is CC(C)C1CCC(N2CC3C(C)C3C2)CC1. The van der Waals surface area contributed by atoms with E-state index in [1.54, 1.807) is 0 Å². The Bertz CT molecular complexity index is 240. The molecule has 3 fully saturated rings. The van der Waals surface area contributed by atoms with Crippen LogP contribution >= 0.6 is 0 Å². The van der Waals surface area contributed by atoms with Crippen molar-refractivity contribution < 1.29 is 0 Å². The topological polar surface area (TPSA) is 3.24 Å². The lowest BCUT2D eigenvalue weighted by Gasteiger charge is -2.37. The number of fused-ring (bicyclic) bond motifs is 1. The van der Waals surface area contributed by atoms with Crippen molar-refractivity contribution in [3.05, 3.63) is 0 Å². The molecule has 2 unspecified atom stereocenters. The third-order valence-electron chi connectivity index (χ3n) is 5.85. The second-order valence-corrected chi connectivity index (χ2v) is 6.95. The van der Waals surface area contributed by atoms with Gasteiger partial charge in [-0.2, -0.15) is 0 Å². The van der Waals surface area contributed by atoms with E-state index in [2.05, 4.69) is 25.7 Å². The van der Waals surface area contributed by atoms with Crippen LogP contribution in [0.5, 0.6) is 0 Å². The highest BCUT2D eigenvalue weighted by Crippen LogP contribution is 2.52. The lowest BCUT2D eigenvalue weighted by molar-refractivity contribution is 0.131. The van der Waals surface area contributed by atoms with Crippen LogP contribution in [0.3, 0.4) is 0 Å². The van der Waals surface area contributed by atoms with Crippen molar-refractivity contribution in [2.45, 2.75) is 52.5 Å². The fourth-order valence-electron chi connectivity index (χ4n) is 4.29. The molecule has 0 spiro atoms. The molecule has 92 valence electrons. The highest BCUT2D eigenvalue weighted by Gasteiger charge is 2.53. The summed E-state index contributed by atoms with van der Waals surface area (Å²) < 4.78 is 0. The zero-order valence-corrected chi connectivity index (χ0v) is 11.2. The second kappa shape index (κ2) is 4.01. The van der Waals surface area contributed by atoms with Crippen LogP contribution in [0.25, 0.3) is 0 Å². The van der Waals surface area contributed by atoms with Crippen molar-refractivity contribution in [2.75, 3.05) is 13.1 Å². The van der Waals surface area contributed by atoms with Crippen LogP contribution in [0.2, 0.25) is 0 Å². The zero-order chi connectivity index (χ0) is 11.3. The first-order chi connectivity index (χ1) is 7.66. The molecular weight excluding hydrogens is 194 g/mol. The first-order valence-electron chi connectivity index (χ1n) is 7.41. The van der Waals surface area contributed by atoms with Crippen molar-refractivity contribution in [2.24, 2.45) is 29.6 Å². The molecule has 1 nitrogen and oxygen atoms in total. The third kappa shape index (κ3) is 1.81. The lowest BCUT2D eigenvalue weighted by Crippen LogP contribution is -2.38. The molecule has 0 amide bonds. The maximum absolute atomic E-state index is 2.83. The number of piperidine rings is 1. The van der Waals surface area contributed by atoms with Crippen molar-refractivity contribution >= 4 is 0 Å². The maximum Gasteiger partial charge on any atom is 0.00957 e. The minimum Gasteiger partial charge on any atom is -0.300 e. The molecule has 2 atom stereocenters. The normalized spacial score (nSPS) is 48.4. The molecule has 1 aliphatic heterocycles. The molecule has 0 aromatic heterocycles. The van der Waals surface area contributed by atoms with Gasteiger partial charge in [-0.05, 0) is 55.3 Å². The van der Waals surface area contributed by atoms with E-state index in [9.17, 15) is 0 Å². The van der Waals surface area contributed by atoms with E-state index in [4.69, 9.17) is 0 Å². The van der Waals surface area contributed by atoms with Gasteiger partial charge in [0.25, 0.3) is 0 Å². The molecular formula is C15H27N. The Morgan fingerprint density at radius 2 is 1.50 bits per heavy atom. The number of nitrogens with zero attached hydrogens (tertiary/aromatic N) is 1. The minimum atomic E-state index is 0.910. The Morgan fingerprint density at radius 3 is 2.00 bits per heavy atom. The van der Waals surface area contributed by atoms with Gasteiger partial charge < -0.3 is 0 Å². The summed E-state index contributed by atoms with van der Waals surface area (Å²) in [6, 6.07) is 0.954. The van der Waals surface area contributed by atoms with Crippen LogP contribution in [0.4, 0.5) is 0 Å². The number of hydrogen-bond acceptors (Lipinski definition) is 1. The Balaban J connectivity index is 1.48. The summed E-state index contributed by atoms with van der Waals surface area (Å²) in [6.45, 7) is 10.1. The average Bonchev–Trinajstić information content (AvgIpc) is 2.75. The Kier molecular flexibility index (Phi) is 2.78. The van der Waals surface area contributed by atoms with Crippen LogP contribution in [0.1, 0.15) is 46.5 Å². The molecule has 3 rings (SSSR count). The average molecular weight is 221 g/mol. The largest absolute Gasteiger partial charge is 0.300 e. The first-order valence-corrected chi connectivity index (χ1v) is 7.41. The monoisotopic (exact) mass is 221 g/mol. The smallest absolute Gasteiger partial charge is 0.00957 e. The van der Waals surface area contributed by atoms with Gasteiger partial charge in [-0.25, -0.2) is 0 Å². The van der Waals surface area contributed by atoms with Crippen molar-refractivity contribution in [1.82, 2.24) is 4.90 Å². The van der Waals surface area contributed by atoms with Crippen molar-refractivity contribution in [3.8, 4) is 0 Å². The predicted octanol–water partition coefficient (Wildman–Crippen LogP) is 3.40. The van der Waals surface area contributed by atoms with Crippen LogP contribution in [0, 0.1) is 29.6 Å². The predicted molar refractivity (Wildman–Crippen MR) is 68.3 cm³/mol. The van der Waals surface area contributed by atoms with E-state index in [1.807, 2.05) is 0 Å². The molecule has 2 aliphatic carbocycles. The van der Waals surface area contributed by atoms with Crippen molar-refractivity contribution in [1.29, 1.82) is 0 Å². The number of rotatable bonds is 2. The molecule has 1 saturated heterocycles. The van der Waals surface area contributed by atoms with E-state index in [0.29, 0.717) is 0 Å². The van der Waals surface area contributed by atoms with E-state index >= 15 is 0 Å². The van der Waals surface area contributed by atoms with Gasteiger partial charge in [0.1, 0.15) is 0 Å². The molecule has 1 heterocycles. The molecule has 16 heavy (non-hydrogen) atoms. The van der Waals surface area contributed by atoms with E-state index in [0.717, 1.165) is 35.6 Å². The van der Waals surface area contributed by atoms with Gasteiger partial charge in [-0.15, -0.1) is 0 Å². The summed E-state index contributed by atoms with van der Waals surface area (Å²) in [5.41, 5.74) is 0. The summed E-state index contributed by atoms with van der Waals surface area (Å²) >= 11 is 0. The summed E-state index contributed by atoms with van der Waals surface area (Å²) in [7, 11) is 0. The van der Waals surface area contributed by atoms with Gasteiger partial charge in [0.15, 0.2) is 0 Å². The highest BCUT2D eigenvalue weighted by molar-refractivity contribution is 5.04. The standard InChI is InChI=1S/C15H27N/c1-10(2)12-4-6-13(7-5-12)16-8-14-11(3)15(14)9-16/h10-15H,4-9H2,1-3H3. The Hall–Kier alpha value is -0.0400. The molecule has 0 aromatic carbocycles. The molecule has 0 bridgehead atoms.